The van der Waals surface area contributed by atoms with E-state index >= 15 is 0 Å². The summed E-state index contributed by atoms with van der Waals surface area (Å²) in [6, 6.07) is 3.61. The van der Waals surface area contributed by atoms with Gasteiger partial charge in [0.1, 0.15) is 5.75 Å². The number of benzene rings is 1. The molecule has 4 N–H and O–H groups in total. The fraction of sp³-hybridized carbons (Fsp3) is 0.533. The van der Waals surface area contributed by atoms with Gasteiger partial charge in [0.15, 0.2) is 0 Å². The van der Waals surface area contributed by atoms with Crippen LogP contribution in [0.1, 0.15) is 30.4 Å². The smallest absolute Gasteiger partial charge is 0.224 e. The number of fused-ring (bicyclic) bond motifs is 1. The van der Waals surface area contributed by atoms with Crippen molar-refractivity contribution in [3.8, 4) is 5.75 Å². The fourth-order valence-electron chi connectivity index (χ4n) is 2.55. The van der Waals surface area contributed by atoms with Crippen molar-refractivity contribution in [1.82, 2.24) is 5.32 Å². The van der Waals surface area contributed by atoms with Crippen LogP contribution in [0.5, 0.6) is 5.75 Å². The van der Waals surface area contributed by atoms with Gasteiger partial charge in [-0.3, -0.25) is 4.79 Å². The van der Waals surface area contributed by atoms with Crippen LogP contribution in [0.4, 0.5) is 5.69 Å². The molecule has 1 aliphatic heterocycles. The Labute approximate surface area is 131 Å². The predicted molar refractivity (Wildman–Crippen MR) is 85.2 cm³/mol. The number of rotatable bonds is 7. The van der Waals surface area contributed by atoms with Gasteiger partial charge in [-0.2, -0.15) is 0 Å². The highest BCUT2D eigenvalue weighted by Crippen LogP contribution is 2.34. The van der Waals surface area contributed by atoms with E-state index in [0.717, 1.165) is 31.4 Å². The number of phenols is 1. The number of aromatic hydroxyl groups is 1. The van der Waals surface area contributed by atoms with Crippen molar-refractivity contribution in [3.63, 3.8) is 0 Å². The number of aliphatic hydroxyl groups excluding tert-OH is 1. The number of amides is 1. The highest BCUT2D eigenvalue weighted by Gasteiger charge is 2.20. The lowest BCUT2D eigenvalue weighted by atomic mass is 9.93. The number of hydrogen-bond donors (Lipinski definition) is 4. The van der Waals surface area contributed by atoms with Gasteiger partial charge in [-0.1, -0.05) is 6.07 Å². The molecule has 0 aliphatic carbocycles. The highest BCUT2D eigenvalue weighted by atomic mass is 35.5. The number of nitrogens with one attached hydrogen (secondary N) is 2. The van der Waals surface area contributed by atoms with Crippen molar-refractivity contribution in [1.29, 1.82) is 0 Å². The number of anilines is 1. The Kier molecular flexibility index (Phi) is 7.50. The maximum atomic E-state index is 11.4. The zero-order valence-electron chi connectivity index (χ0n) is 12.0. The number of aliphatic hydroxyl groups is 1. The molecule has 1 aliphatic rings. The molecule has 0 aromatic heterocycles. The van der Waals surface area contributed by atoms with E-state index in [2.05, 4.69) is 10.6 Å². The number of halogens is 1. The summed E-state index contributed by atoms with van der Waals surface area (Å²) in [6.45, 7) is 1.71. The summed E-state index contributed by atoms with van der Waals surface area (Å²) in [7, 11) is 0. The molecule has 1 aromatic carbocycles. The van der Waals surface area contributed by atoms with Gasteiger partial charge >= 0.3 is 0 Å². The van der Waals surface area contributed by atoms with Crippen LogP contribution in [0.3, 0.4) is 0 Å². The molecule has 5 nitrogen and oxygen atoms in total. The van der Waals surface area contributed by atoms with Crippen LogP contribution < -0.4 is 10.6 Å². The van der Waals surface area contributed by atoms with Crippen molar-refractivity contribution >= 4 is 24.0 Å². The Morgan fingerprint density at radius 1 is 1.19 bits per heavy atom. The second kappa shape index (κ2) is 8.87. The molecule has 21 heavy (non-hydrogen) atoms. The van der Waals surface area contributed by atoms with E-state index in [1.54, 1.807) is 6.07 Å². The molecule has 0 bridgehead atoms. The molecule has 2 rings (SSSR count). The topological polar surface area (TPSA) is 81.6 Å². The van der Waals surface area contributed by atoms with E-state index in [-0.39, 0.29) is 30.7 Å². The van der Waals surface area contributed by atoms with Gasteiger partial charge in [0, 0.05) is 13.0 Å². The quantitative estimate of drug-likeness (QED) is 0.455. The number of hydrogen-bond acceptors (Lipinski definition) is 4. The van der Waals surface area contributed by atoms with Crippen LogP contribution in [-0.4, -0.2) is 35.8 Å². The first kappa shape index (κ1) is 17.8. The summed E-state index contributed by atoms with van der Waals surface area (Å²) < 4.78 is 0. The van der Waals surface area contributed by atoms with E-state index in [9.17, 15) is 9.90 Å². The van der Waals surface area contributed by atoms with Crippen molar-refractivity contribution in [2.75, 3.05) is 25.0 Å². The average molecular weight is 315 g/mol. The van der Waals surface area contributed by atoms with E-state index in [4.69, 9.17) is 5.11 Å². The second-order valence-electron chi connectivity index (χ2n) is 5.08. The summed E-state index contributed by atoms with van der Waals surface area (Å²) in [5.74, 6) is 0.125. The summed E-state index contributed by atoms with van der Waals surface area (Å²) in [4.78, 5) is 11.4. The minimum absolute atomic E-state index is 0. The van der Waals surface area contributed by atoms with Gasteiger partial charge < -0.3 is 20.8 Å². The molecule has 0 saturated carbocycles. The molecule has 1 heterocycles. The lowest BCUT2D eigenvalue weighted by Crippen LogP contribution is -2.21. The van der Waals surface area contributed by atoms with Gasteiger partial charge in [-0.25, -0.2) is 0 Å². The summed E-state index contributed by atoms with van der Waals surface area (Å²) in [5.41, 5.74) is 2.88. The van der Waals surface area contributed by atoms with Crippen molar-refractivity contribution in [3.05, 3.63) is 23.3 Å². The maximum Gasteiger partial charge on any atom is 0.224 e. The highest BCUT2D eigenvalue weighted by molar-refractivity contribution is 5.95. The Morgan fingerprint density at radius 2 is 2.00 bits per heavy atom. The number of unbranched alkanes of at least 4 members (excludes halogenated alkanes) is 1. The van der Waals surface area contributed by atoms with E-state index in [1.807, 2.05) is 6.07 Å². The fourth-order valence-corrected chi connectivity index (χ4v) is 2.55. The van der Waals surface area contributed by atoms with E-state index < -0.39 is 0 Å². The lowest BCUT2D eigenvalue weighted by Gasteiger charge is -2.21. The molecule has 0 unspecified atom stereocenters. The minimum Gasteiger partial charge on any atom is -0.506 e. The standard InChI is InChI=1S/C15H22N2O3.ClH/c18-10-9-16-8-2-1-3-11-4-6-13(19)15-12(11)5-7-14(20)17-15;/h4,6,16,18-19H,1-3,5,7-10H2,(H,17,20);1H. The molecule has 0 saturated heterocycles. The van der Waals surface area contributed by atoms with E-state index in [0.29, 0.717) is 25.1 Å². The third-order valence-corrected chi connectivity index (χ3v) is 3.59. The molecule has 1 aromatic rings. The van der Waals surface area contributed by atoms with Gasteiger partial charge in [0.2, 0.25) is 5.91 Å². The molecular formula is C15H23ClN2O3. The molecule has 0 atom stereocenters. The van der Waals surface area contributed by atoms with Gasteiger partial charge in [0.05, 0.1) is 12.3 Å². The Balaban J connectivity index is 0.00000220. The SMILES string of the molecule is Cl.O=C1CCc2c(CCCCNCCO)ccc(O)c2N1. The summed E-state index contributed by atoms with van der Waals surface area (Å²) in [6.07, 6.45) is 4.22. The molecule has 0 radical (unpaired) electrons. The van der Waals surface area contributed by atoms with Crippen LogP contribution in [0.25, 0.3) is 0 Å². The van der Waals surface area contributed by atoms with Crippen LogP contribution in [0, 0.1) is 0 Å². The molecule has 1 amide bonds. The normalized spacial score (nSPS) is 13.3. The maximum absolute atomic E-state index is 11.4. The number of phenolic OH excluding ortho intramolecular Hbond substituents is 1. The van der Waals surface area contributed by atoms with E-state index in [1.165, 1.54) is 5.56 Å². The van der Waals surface area contributed by atoms with Crippen LogP contribution in [0.2, 0.25) is 0 Å². The Hall–Kier alpha value is -1.30. The number of aryl methyl sites for hydroxylation is 1. The molecule has 6 heteroatoms. The Morgan fingerprint density at radius 3 is 2.76 bits per heavy atom. The summed E-state index contributed by atoms with van der Waals surface area (Å²) in [5, 5.41) is 24.4. The number of carbonyl (C=O) groups is 1. The van der Waals surface area contributed by atoms with Crippen LogP contribution >= 0.6 is 12.4 Å². The largest absolute Gasteiger partial charge is 0.506 e. The second-order valence-corrected chi connectivity index (χ2v) is 5.08. The molecule has 0 spiro atoms. The van der Waals surface area contributed by atoms with Crippen molar-refractivity contribution < 1.29 is 15.0 Å². The van der Waals surface area contributed by atoms with Crippen LogP contribution in [0.15, 0.2) is 12.1 Å². The van der Waals surface area contributed by atoms with Crippen LogP contribution in [-0.2, 0) is 17.6 Å². The zero-order valence-corrected chi connectivity index (χ0v) is 12.8. The first-order chi connectivity index (χ1) is 9.72. The van der Waals surface area contributed by atoms with Gasteiger partial charge in [-0.15, -0.1) is 12.4 Å². The molecular weight excluding hydrogens is 292 g/mol. The van der Waals surface area contributed by atoms with Crippen molar-refractivity contribution in [2.24, 2.45) is 0 Å². The first-order valence-electron chi connectivity index (χ1n) is 7.17. The Bertz CT molecular complexity index is 480. The monoisotopic (exact) mass is 314 g/mol. The third kappa shape index (κ3) is 4.88. The number of carbonyl (C=O) groups excluding carboxylic acids is 1. The zero-order chi connectivity index (χ0) is 14.4. The molecule has 0 fully saturated rings. The third-order valence-electron chi connectivity index (χ3n) is 3.59. The average Bonchev–Trinajstić information content (AvgIpc) is 2.45. The minimum atomic E-state index is -0.0295. The lowest BCUT2D eigenvalue weighted by molar-refractivity contribution is -0.116. The predicted octanol–water partition coefficient (Wildman–Crippen LogP) is 1.60. The van der Waals surface area contributed by atoms with Gasteiger partial charge in [-0.05, 0) is 49.4 Å². The van der Waals surface area contributed by atoms with Gasteiger partial charge in [0.25, 0.3) is 0 Å². The molecule has 118 valence electrons. The summed E-state index contributed by atoms with van der Waals surface area (Å²) >= 11 is 0. The first-order valence-corrected chi connectivity index (χ1v) is 7.17. The van der Waals surface area contributed by atoms with Crippen molar-refractivity contribution in [2.45, 2.75) is 32.1 Å².